The Hall–Kier alpha value is -3.86. The number of aryl methyl sites for hydroxylation is 1. The maximum atomic E-state index is 13.2. The summed E-state index contributed by atoms with van der Waals surface area (Å²) in [4.78, 5) is 12.2. The van der Waals surface area contributed by atoms with E-state index < -0.39 is 0 Å². The van der Waals surface area contributed by atoms with Crippen LogP contribution in [0, 0.1) is 12.7 Å². The fraction of sp³-hybridized carbons (Fsp3) is 0.207. The lowest BCUT2D eigenvalue weighted by Crippen LogP contribution is -2.07. The van der Waals surface area contributed by atoms with E-state index in [2.05, 4.69) is 4.57 Å². The van der Waals surface area contributed by atoms with Gasteiger partial charge in [0.2, 0.25) is 0 Å². The largest absolute Gasteiger partial charge is 0.488 e. The smallest absolute Gasteiger partial charge is 0.338 e. The zero-order valence-electron chi connectivity index (χ0n) is 20.0. The van der Waals surface area contributed by atoms with Gasteiger partial charge in [0.15, 0.2) is 0 Å². The molecule has 0 aliphatic carbocycles. The predicted molar refractivity (Wildman–Crippen MR) is 134 cm³/mol. The number of rotatable bonds is 7. The van der Waals surface area contributed by atoms with Crippen LogP contribution >= 0.6 is 0 Å². The Morgan fingerprint density at radius 3 is 2.38 bits per heavy atom. The molecule has 0 unspecified atom stereocenters. The number of carbonyl (C=O) groups is 1. The van der Waals surface area contributed by atoms with Crippen LogP contribution in [0.3, 0.4) is 0 Å². The van der Waals surface area contributed by atoms with Gasteiger partial charge in [-0.2, -0.15) is 0 Å². The maximum Gasteiger partial charge on any atom is 0.338 e. The SMILES string of the molecule is CC.CCOC(=O)c1cccc(-n2c(C)ccc2-c2ccccc2OCc2ccc(F)cc2)c1. The molecule has 0 bridgehead atoms. The van der Waals surface area contributed by atoms with Crippen LogP contribution in [0.4, 0.5) is 4.39 Å². The molecule has 0 saturated carbocycles. The summed E-state index contributed by atoms with van der Waals surface area (Å²) in [6.07, 6.45) is 0. The molecule has 0 fully saturated rings. The van der Waals surface area contributed by atoms with Crippen molar-refractivity contribution in [2.45, 2.75) is 34.3 Å². The first-order valence-corrected chi connectivity index (χ1v) is 11.5. The third kappa shape index (κ3) is 5.73. The van der Waals surface area contributed by atoms with Crippen LogP contribution in [0.5, 0.6) is 5.75 Å². The molecule has 5 heteroatoms. The second-order valence-electron chi connectivity index (χ2n) is 7.38. The zero-order valence-corrected chi connectivity index (χ0v) is 20.0. The van der Waals surface area contributed by atoms with E-state index in [-0.39, 0.29) is 11.8 Å². The van der Waals surface area contributed by atoms with E-state index in [1.54, 1.807) is 25.1 Å². The molecule has 4 aromatic rings. The van der Waals surface area contributed by atoms with Crippen molar-refractivity contribution in [1.82, 2.24) is 4.57 Å². The Kier molecular flexibility index (Phi) is 8.63. The number of hydrogen-bond donors (Lipinski definition) is 0. The lowest BCUT2D eigenvalue weighted by atomic mass is 10.1. The molecule has 0 radical (unpaired) electrons. The second-order valence-corrected chi connectivity index (χ2v) is 7.38. The van der Waals surface area contributed by atoms with Crippen LogP contribution in [0.15, 0.2) is 84.9 Å². The van der Waals surface area contributed by atoms with Gasteiger partial charge in [0.1, 0.15) is 18.2 Å². The molecule has 4 nitrogen and oxygen atoms in total. The molecule has 176 valence electrons. The minimum absolute atomic E-state index is 0.271. The van der Waals surface area contributed by atoms with Crippen LogP contribution in [-0.4, -0.2) is 17.1 Å². The minimum atomic E-state index is -0.344. The topological polar surface area (TPSA) is 40.5 Å². The van der Waals surface area contributed by atoms with E-state index in [0.29, 0.717) is 18.8 Å². The van der Waals surface area contributed by atoms with Crippen molar-refractivity contribution in [2.75, 3.05) is 6.61 Å². The summed E-state index contributed by atoms with van der Waals surface area (Å²) >= 11 is 0. The highest BCUT2D eigenvalue weighted by Gasteiger charge is 2.15. The molecule has 0 saturated heterocycles. The van der Waals surface area contributed by atoms with E-state index in [9.17, 15) is 9.18 Å². The number of hydrogen-bond acceptors (Lipinski definition) is 3. The summed E-state index contributed by atoms with van der Waals surface area (Å²) < 4.78 is 26.5. The first-order chi connectivity index (χ1) is 16.6. The molecule has 0 atom stereocenters. The number of halogens is 1. The van der Waals surface area contributed by atoms with Crippen LogP contribution in [0.2, 0.25) is 0 Å². The van der Waals surface area contributed by atoms with Crippen molar-refractivity contribution >= 4 is 5.97 Å². The molecule has 4 rings (SSSR count). The lowest BCUT2D eigenvalue weighted by molar-refractivity contribution is 0.0526. The Labute approximate surface area is 200 Å². The molecular weight excluding hydrogens is 429 g/mol. The van der Waals surface area contributed by atoms with Gasteiger partial charge in [-0.15, -0.1) is 0 Å². The predicted octanol–water partition coefficient (Wildman–Crippen LogP) is 7.37. The van der Waals surface area contributed by atoms with Crippen molar-refractivity contribution in [3.63, 3.8) is 0 Å². The van der Waals surface area contributed by atoms with Gasteiger partial charge < -0.3 is 14.0 Å². The fourth-order valence-electron chi connectivity index (χ4n) is 3.62. The minimum Gasteiger partial charge on any atom is -0.488 e. The van der Waals surface area contributed by atoms with Crippen molar-refractivity contribution in [1.29, 1.82) is 0 Å². The Morgan fingerprint density at radius 1 is 0.912 bits per heavy atom. The molecule has 1 heterocycles. The van der Waals surface area contributed by atoms with Crippen LogP contribution in [-0.2, 0) is 11.3 Å². The number of benzene rings is 3. The van der Waals surface area contributed by atoms with Gasteiger partial charge in [-0.1, -0.05) is 44.2 Å². The van der Waals surface area contributed by atoms with Crippen molar-refractivity contribution in [2.24, 2.45) is 0 Å². The standard InChI is InChI=1S/C27H24FNO3.C2H6/c1-3-31-27(30)21-7-6-8-23(17-21)29-19(2)11-16-25(29)24-9-4-5-10-26(24)32-18-20-12-14-22(28)15-13-20;1-2/h4-17H,3,18H2,1-2H3;1-2H3. The maximum absolute atomic E-state index is 13.2. The Morgan fingerprint density at radius 2 is 1.65 bits per heavy atom. The molecule has 34 heavy (non-hydrogen) atoms. The van der Waals surface area contributed by atoms with Crippen molar-refractivity contribution in [3.8, 4) is 22.7 Å². The highest BCUT2D eigenvalue weighted by atomic mass is 19.1. The van der Waals surface area contributed by atoms with E-state index in [1.807, 2.05) is 75.4 Å². The van der Waals surface area contributed by atoms with Gasteiger partial charge >= 0.3 is 5.97 Å². The van der Waals surface area contributed by atoms with Crippen LogP contribution < -0.4 is 4.74 Å². The summed E-state index contributed by atoms with van der Waals surface area (Å²) in [6.45, 7) is 8.46. The molecule has 0 amide bonds. The fourth-order valence-corrected chi connectivity index (χ4v) is 3.62. The number of ether oxygens (including phenoxy) is 2. The average molecular weight is 460 g/mol. The first kappa shape index (κ1) is 24.8. The van der Waals surface area contributed by atoms with Crippen LogP contribution in [0.25, 0.3) is 16.9 Å². The van der Waals surface area contributed by atoms with Crippen LogP contribution in [0.1, 0.15) is 42.4 Å². The molecule has 1 aromatic heterocycles. The van der Waals surface area contributed by atoms with Gasteiger partial charge in [0, 0.05) is 16.9 Å². The monoisotopic (exact) mass is 459 g/mol. The number of nitrogens with zero attached hydrogens (tertiary/aromatic N) is 1. The lowest BCUT2D eigenvalue weighted by Gasteiger charge is -2.16. The molecule has 0 N–H and O–H groups in total. The third-order valence-electron chi connectivity index (χ3n) is 5.16. The van der Waals surface area contributed by atoms with Gasteiger partial charge in [-0.3, -0.25) is 0 Å². The third-order valence-corrected chi connectivity index (χ3v) is 5.16. The molecule has 0 spiro atoms. The van der Waals surface area contributed by atoms with Crippen molar-refractivity contribution in [3.05, 3.63) is 108 Å². The molecular formula is C29H30FNO3. The summed E-state index contributed by atoms with van der Waals surface area (Å²) in [5, 5.41) is 0. The zero-order chi connectivity index (χ0) is 24.5. The van der Waals surface area contributed by atoms with E-state index in [0.717, 1.165) is 34.0 Å². The first-order valence-electron chi connectivity index (χ1n) is 11.5. The summed E-state index contributed by atoms with van der Waals surface area (Å²) in [5.74, 6) is 0.106. The van der Waals surface area contributed by atoms with Gasteiger partial charge in [-0.25, -0.2) is 9.18 Å². The Bertz CT molecular complexity index is 1230. The number of aromatic nitrogens is 1. The van der Waals surface area contributed by atoms with E-state index in [4.69, 9.17) is 9.47 Å². The molecule has 0 aliphatic heterocycles. The van der Waals surface area contributed by atoms with E-state index >= 15 is 0 Å². The number of esters is 1. The normalized spacial score (nSPS) is 10.3. The summed E-state index contributed by atoms with van der Waals surface area (Å²) in [5.41, 5.74) is 5.14. The number of carbonyl (C=O) groups excluding carboxylic acids is 1. The van der Waals surface area contributed by atoms with Gasteiger partial charge in [-0.05, 0) is 74.0 Å². The summed E-state index contributed by atoms with van der Waals surface area (Å²) in [6, 6.07) is 25.5. The van der Waals surface area contributed by atoms with Gasteiger partial charge in [0.25, 0.3) is 0 Å². The highest BCUT2D eigenvalue weighted by molar-refractivity contribution is 5.90. The second kappa shape index (κ2) is 11.8. The van der Waals surface area contributed by atoms with E-state index in [1.165, 1.54) is 12.1 Å². The summed E-state index contributed by atoms with van der Waals surface area (Å²) in [7, 11) is 0. The van der Waals surface area contributed by atoms with Crippen molar-refractivity contribution < 1.29 is 18.7 Å². The molecule has 3 aromatic carbocycles. The molecule has 0 aliphatic rings. The number of para-hydroxylation sites is 1. The average Bonchev–Trinajstić information content (AvgIpc) is 3.26. The quantitative estimate of drug-likeness (QED) is 0.271. The highest BCUT2D eigenvalue weighted by Crippen LogP contribution is 2.34. The van der Waals surface area contributed by atoms with Gasteiger partial charge in [0.05, 0.1) is 17.9 Å². The Balaban J connectivity index is 0.00000158.